The van der Waals surface area contributed by atoms with Crippen molar-refractivity contribution < 1.29 is 9.31 Å². The molecule has 19 heavy (non-hydrogen) atoms. The van der Waals surface area contributed by atoms with Crippen LogP contribution in [0.4, 0.5) is 9.39 Å². The van der Waals surface area contributed by atoms with E-state index in [1.807, 2.05) is 6.92 Å². The normalized spacial score (nSPS) is 12.3. The number of hydrogen-bond donors (Lipinski definition) is 1. The second kappa shape index (κ2) is 5.90. The van der Waals surface area contributed by atoms with E-state index in [4.69, 9.17) is 0 Å². The minimum absolute atomic E-state index is 0.0572. The molecule has 1 aromatic heterocycles. The fraction of sp³-hybridized carbons (Fsp3) is 0.231. The van der Waals surface area contributed by atoms with E-state index in [9.17, 15) is 14.5 Å². The van der Waals surface area contributed by atoms with Crippen molar-refractivity contribution in [2.75, 3.05) is 0 Å². The molecule has 100 valence electrons. The van der Waals surface area contributed by atoms with Crippen LogP contribution < -0.4 is 5.32 Å². The van der Waals surface area contributed by atoms with E-state index in [0.717, 1.165) is 21.8 Å². The van der Waals surface area contributed by atoms with Crippen LogP contribution in [0.25, 0.3) is 0 Å². The first-order chi connectivity index (χ1) is 9.06. The summed E-state index contributed by atoms with van der Waals surface area (Å²) in [6.45, 7) is 2.52. The smallest absolute Gasteiger partial charge is 0.305 e. The topological polar surface area (TPSA) is 55.2 Å². The van der Waals surface area contributed by atoms with Gasteiger partial charge in [-0.05, 0) is 30.7 Å². The maximum atomic E-state index is 12.8. The molecule has 0 aliphatic rings. The summed E-state index contributed by atoms with van der Waals surface area (Å²) in [4.78, 5) is 11.1. The van der Waals surface area contributed by atoms with Crippen LogP contribution in [0.5, 0.6) is 0 Å². The molecule has 0 amide bonds. The molecule has 1 heterocycles. The van der Waals surface area contributed by atoms with Crippen molar-refractivity contribution in [1.29, 1.82) is 0 Å². The van der Waals surface area contributed by atoms with Gasteiger partial charge in [-0.1, -0.05) is 23.5 Å². The van der Waals surface area contributed by atoms with E-state index >= 15 is 0 Å². The van der Waals surface area contributed by atoms with Gasteiger partial charge in [0.2, 0.25) is 0 Å². The molecule has 1 atom stereocenters. The van der Waals surface area contributed by atoms with Crippen molar-refractivity contribution in [3.63, 3.8) is 0 Å². The zero-order valence-corrected chi connectivity index (χ0v) is 11.1. The van der Waals surface area contributed by atoms with Gasteiger partial charge >= 0.3 is 5.00 Å². The maximum Gasteiger partial charge on any atom is 0.324 e. The lowest BCUT2D eigenvalue weighted by atomic mass is 10.1. The van der Waals surface area contributed by atoms with Crippen LogP contribution in [0.3, 0.4) is 0 Å². The van der Waals surface area contributed by atoms with Gasteiger partial charge in [0.15, 0.2) is 0 Å². The highest BCUT2D eigenvalue weighted by Crippen LogP contribution is 2.24. The molecule has 0 spiro atoms. The number of rotatable bonds is 5. The Balaban J connectivity index is 1.94. The number of thiophene rings is 1. The second-order valence-corrected chi connectivity index (χ2v) is 5.30. The predicted molar refractivity (Wildman–Crippen MR) is 72.6 cm³/mol. The summed E-state index contributed by atoms with van der Waals surface area (Å²) in [5, 5.41) is 14.0. The molecule has 0 unspecified atom stereocenters. The van der Waals surface area contributed by atoms with Gasteiger partial charge in [0.1, 0.15) is 5.82 Å². The Morgan fingerprint density at radius 3 is 2.58 bits per heavy atom. The molecule has 0 saturated carbocycles. The van der Waals surface area contributed by atoms with E-state index in [0.29, 0.717) is 6.54 Å². The van der Waals surface area contributed by atoms with E-state index < -0.39 is 4.92 Å². The van der Waals surface area contributed by atoms with Gasteiger partial charge in [-0.15, -0.1) is 0 Å². The first-order valence-corrected chi connectivity index (χ1v) is 6.60. The van der Waals surface area contributed by atoms with Gasteiger partial charge in [-0.3, -0.25) is 10.1 Å². The summed E-state index contributed by atoms with van der Waals surface area (Å²) in [5.74, 6) is -0.259. The average Bonchev–Trinajstić information content (AvgIpc) is 2.86. The van der Waals surface area contributed by atoms with Gasteiger partial charge in [0.05, 0.1) is 4.92 Å². The van der Waals surface area contributed by atoms with Gasteiger partial charge < -0.3 is 5.32 Å². The van der Waals surface area contributed by atoms with E-state index in [2.05, 4.69) is 5.32 Å². The minimum atomic E-state index is -0.391. The second-order valence-electron chi connectivity index (χ2n) is 4.15. The molecule has 2 rings (SSSR count). The Morgan fingerprint density at radius 1 is 1.32 bits per heavy atom. The molecule has 0 aliphatic carbocycles. The Kier molecular flexibility index (Phi) is 4.24. The van der Waals surface area contributed by atoms with Gasteiger partial charge in [-0.2, -0.15) is 0 Å². The lowest BCUT2D eigenvalue weighted by Crippen LogP contribution is -2.17. The first kappa shape index (κ1) is 13.6. The van der Waals surface area contributed by atoms with Crippen molar-refractivity contribution in [2.24, 2.45) is 0 Å². The Hall–Kier alpha value is -1.79. The fourth-order valence-corrected chi connectivity index (χ4v) is 2.45. The van der Waals surface area contributed by atoms with Crippen LogP contribution in [0.15, 0.2) is 36.4 Å². The van der Waals surface area contributed by atoms with Crippen LogP contribution >= 0.6 is 11.3 Å². The Labute approximate surface area is 114 Å². The van der Waals surface area contributed by atoms with Crippen LogP contribution in [0.2, 0.25) is 0 Å². The number of hydrogen-bond acceptors (Lipinski definition) is 4. The molecule has 0 bridgehead atoms. The van der Waals surface area contributed by atoms with Crippen molar-refractivity contribution >= 4 is 16.3 Å². The first-order valence-electron chi connectivity index (χ1n) is 5.78. The minimum Gasteiger partial charge on any atom is -0.305 e. The van der Waals surface area contributed by atoms with Crippen molar-refractivity contribution in [3.05, 3.63) is 62.8 Å². The van der Waals surface area contributed by atoms with E-state index in [1.165, 1.54) is 18.2 Å². The Bertz CT molecular complexity index is 568. The molecule has 1 N–H and O–H groups in total. The highest BCUT2D eigenvalue weighted by Gasteiger charge is 2.11. The number of benzene rings is 1. The summed E-state index contributed by atoms with van der Waals surface area (Å²) in [6, 6.07) is 9.60. The molecule has 0 saturated heterocycles. The van der Waals surface area contributed by atoms with Gasteiger partial charge in [0.25, 0.3) is 0 Å². The van der Waals surface area contributed by atoms with Gasteiger partial charge in [-0.25, -0.2) is 4.39 Å². The molecular formula is C13H13FN2O2S. The van der Waals surface area contributed by atoms with Crippen molar-refractivity contribution in [3.8, 4) is 0 Å². The molecular weight excluding hydrogens is 267 g/mol. The largest absolute Gasteiger partial charge is 0.324 e. The zero-order valence-electron chi connectivity index (χ0n) is 10.3. The van der Waals surface area contributed by atoms with Crippen LogP contribution in [0.1, 0.15) is 23.4 Å². The third-order valence-corrected chi connectivity index (χ3v) is 3.82. The predicted octanol–water partition coefficient (Wildman–Crippen LogP) is 3.65. The molecule has 6 heteroatoms. The number of nitrogens with zero attached hydrogens (tertiary/aromatic N) is 1. The summed E-state index contributed by atoms with van der Waals surface area (Å²) < 4.78 is 12.8. The average molecular weight is 280 g/mol. The standard InChI is InChI=1S/C13H13FN2O2S/c1-9(10-2-4-11(14)5-3-10)15-8-12-6-7-13(19-12)16(17)18/h2-7,9,15H,8H2,1H3/t9-/m1/s1. The third kappa shape index (κ3) is 3.59. The number of nitro groups is 1. The maximum absolute atomic E-state index is 12.8. The SMILES string of the molecule is C[C@@H](NCc1ccc([N+](=O)[O-])s1)c1ccc(F)cc1. The summed E-state index contributed by atoms with van der Waals surface area (Å²) in [6.07, 6.45) is 0. The van der Waals surface area contributed by atoms with Crippen LogP contribution in [-0.2, 0) is 6.54 Å². The van der Waals surface area contributed by atoms with E-state index in [-0.39, 0.29) is 16.9 Å². The third-order valence-electron chi connectivity index (χ3n) is 2.78. The van der Waals surface area contributed by atoms with E-state index in [1.54, 1.807) is 18.2 Å². The fourth-order valence-electron chi connectivity index (χ4n) is 1.68. The van der Waals surface area contributed by atoms with Gasteiger partial charge in [0, 0.05) is 23.5 Å². The molecule has 0 fully saturated rings. The quantitative estimate of drug-likeness (QED) is 0.672. The number of halogens is 1. The summed E-state index contributed by atoms with van der Waals surface area (Å²) in [7, 11) is 0. The molecule has 1 aromatic carbocycles. The summed E-state index contributed by atoms with van der Waals surface area (Å²) >= 11 is 1.16. The molecule has 4 nitrogen and oxygen atoms in total. The van der Waals surface area contributed by atoms with Crippen LogP contribution in [0, 0.1) is 15.9 Å². The monoisotopic (exact) mass is 280 g/mol. The zero-order chi connectivity index (χ0) is 13.8. The highest BCUT2D eigenvalue weighted by molar-refractivity contribution is 7.15. The Morgan fingerprint density at radius 2 is 2.00 bits per heavy atom. The molecule has 2 aromatic rings. The van der Waals surface area contributed by atoms with Crippen molar-refractivity contribution in [2.45, 2.75) is 19.5 Å². The lowest BCUT2D eigenvalue weighted by Gasteiger charge is -2.13. The van der Waals surface area contributed by atoms with Crippen molar-refractivity contribution in [1.82, 2.24) is 5.32 Å². The highest BCUT2D eigenvalue weighted by atomic mass is 32.1. The van der Waals surface area contributed by atoms with Crippen LogP contribution in [-0.4, -0.2) is 4.92 Å². The summed E-state index contributed by atoms with van der Waals surface area (Å²) in [5.41, 5.74) is 0.979. The molecule has 0 radical (unpaired) electrons. The molecule has 0 aliphatic heterocycles. The lowest BCUT2D eigenvalue weighted by molar-refractivity contribution is -0.380. The number of nitrogens with one attached hydrogen (secondary N) is 1.